The van der Waals surface area contributed by atoms with Crippen LogP contribution in [0.3, 0.4) is 0 Å². The van der Waals surface area contributed by atoms with Crippen LogP contribution in [0.15, 0.2) is 24.5 Å². The monoisotopic (exact) mass is 244 g/mol. The first-order chi connectivity index (χ1) is 8.75. The third-order valence-corrected chi connectivity index (χ3v) is 3.61. The summed E-state index contributed by atoms with van der Waals surface area (Å²) in [7, 11) is 4.10. The van der Waals surface area contributed by atoms with Gasteiger partial charge in [0, 0.05) is 26.5 Å². The molecule has 0 bridgehead atoms. The Morgan fingerprint density at radius 1 is 1.39 bits per heavy atom. The Morgan fingerprint density at radius 3 is 3.00 bits per heavy atom. The molecule has 1 fully saturated rings. The van der Waals surface area contributed by atoms with Crippen molar-refractivity contribution in [3.05, 3.63) is 30.2 Å². The zero-order chi connectivity index (χ0) is 12.5. The molecule has 1 atom stereocenters. The fourth-order valence-corrected chi connectivity index (χ4v) is 2.65. The maximum absolute atomic E-state index is 4.84. The van der Waals surface area contributed by atoms with Gasteiger partial charge in [0.05, 0.1) is 17.3 Å². The second kappa shape index (κ2) is 4.61. The minimum absolute atomic E-state index is 0.407. The molecule has 4 heteroatoms. The van der Waals surface area contributed by atoms with E-state index < -0.39 is 0 Å². The summed E-state index contributed by atoms with van der Waals surface area (Å²) in [4.78, 5) is 6.92. The van der Waals surface area contributed by atoms with Crippen LogP contribution in [0.25, 0.3) is 5.52 Å². The predicted molar refractivity (Wildman–Crippen MR) is 74.1 cm³/mol. The highest BCUT2D eigenvalue weighted by atomic mass is 15.2. The molecule has 3 heterocycles. The molecule has 4 nitrogen and oxygen atoms in total. The average molecular weight is 244 g/mol. The molecule has 2 aromatic heterocycles. The zero-order valence-electron chi connectivity index (χ0n) is 11.1. The van der Waals surface area contributed by atoms with Gasteiger partial charge in [0.1, 0.15) is 0 Å². The topological polar surface area (TPSA) is 32.6 Å². The summed E-state index contributed by atoms with van der Waals surface area (Å²) in [5.41, 5.74) is 2.32. The van der Waals surface area contributed by atoms with E-state index in [1.165, 1.54) is 24.8 Å². The van der Waals surface area contributed by atoms with Crippen LogP contribution >= 0.6 is 0 Å². The smallest absolute Gasteiger partial charge is 0.152 e. The van der Waals surface area contributed by atoms with Gasteiger partial charge in [-0.05, 0) is 31.5 Å². The minimum atomic E-state index is 0.407. The Labute approximate surface area is 108 Å². The van der Waals surface area contributed by atoms with Crippen molar-refractivity contribution in [1.82, 2.24) is 14.7 Å². The highest BCUT2D eigenvalue weighted by molar-refractivity contribution is 5.69. The molecule has 3 rings (SSSR count). The van der Waals surface area contributed by atoms with Crippen LogP contribution in [0.2, 0.25) is 0 Å². The Kier molecular flexibility index (Phi) is 2.96. The summed E-state index contributed by atoms with van der Waals surface area (Å²) in [6.45, 7) is 1.10. The second-order valence-corrected chi connectivity index (χ2v) is 5.19. The molecule has 2 aromatic rings. The van der Waals surface area contributed by atoms with Crippen molar-refractivity contribution >= 4 is 11.3 Å². The number of aromatic nitrogens is 2. The van der Waals surface area contributed by atoms with Crippen LogP contribution in [0.1, 0.15) is 31.0 Å². The third-order valence-electron chi connectivity index (χ3n) is 3.61. The lowest BCUT2D eigenvalue weighted by Gasteiger charge is -2.24. The summed E-state index contributed by atoms with van der Waals surface area (Å²) in [6, 6.07) is 4.59. The first-order valence-electron chi connectivity index (χ1n) is 6.64. The Hall–Kier alpha value is -1.55. The lowest BCUT2D eigenvalue weighted by molar-refractivity contribution is 0.404. The molecule has 0 saturated carbocycles. The van der Waals surface area contributed by atoms with Gasteiger partial charge in [-0.1, -0.05) is 6.42 Å². The zero-order valence-corrected chi connectivity index (χ0v) is 11.1. The largest absolute Gasteiger partial charge is 0.361 e. The molecular weight excluding hydrogens is 224 g/mol. The van der Waals surface area contributed by atoms with E-state index in [1.54, 1.807) is 0 Å². The quantitative estimate of drug-likeness (QED) is 0.879. The van der Waals surface area contributed by atoms with E-state index in [-0.39, 0.29) is 0 Å². The molecule has 0 radical (unpaired) electrons. The summed E-state index contributed by atoms with van der Waals surface area (Å²) >= 11 is 0. The molecule has 1 N–H and O–H groups in total. The highest BCUT2D eigenvalue weighted by Crippen LogP contribution is 2.25. The fourth-order valence-electron chi connectivity index (χ4n) is 2.65. The van der Waals surface area contributed by atoms with Gasteiger partial charge in [0.15, 0.2) is 5.82 Å². The van der Waals surface area contributed by atoms with Crippen molar-refractivity contribution in [3.63, 3.8) is 0 Å². The van der Waals surface area contributed by atoms with Crippen LogP contribution in [-0.4, -0.2) is 30.0 Å². The molecule has 0 spiro atoms. The van der Waals surface area contributed by atoms with Gasteiger partial charge < -0.3 is 14.6 Å². The normalized spacial score (nSPS) is 20.2. The van der Waals surface area contributed by atoms with Crippen LogP contribution in [0, 0.1) is 0 Å². The van der Waals surface area contributed by atoms with Gasteiger partial charge in [-0.2, -0.15) is 0 Å². The first-order valence-corrected chi connectivity index (χ1v) is 6.64. The number of hydrogen-bond donors (Lipinski definition) is 1. The number of anilines is 1. The SMILES string of the molecule is CN(C)c1nc([C@H]2CCCCN2)cn2cccc12. The number of fused-ring (bicyclic) bond motifs is 1. The van der Waals surface area contributed by atoms with E-state index >= 15 is 0 Å². The summed E-state index contributed by atoms with van der Waals surface area (Å²) < 4.78 is 2.17. The summed E-state index contributed by atoms with van der Waals surface area (Å²) in [5, 5.41) is 3.56. The van der Waals surface area contributed by atoms with E-state index in [2.05, 4.69) is 39.1 Å². The highest BCUT2D eigenvalue weighted by Gasteiger charge is 2.18. The van der Waals surface area contributed by atoms with Gasteiger partial charge in [-0.25, -0.2) is 4.98 Å². The van der Waals surface area contributed by atoms with Crippen molar-refractivity contribution in [1.29, 1.82) is 0 Å². The predicted octanol–water partition coefficient (Wildman–Crippen LogP) is 2.21. The summed E-state index contributed by atoms with van der Waals surface area (Å²) in [6.07, 6.45) is 8.01. The number of nitrogens with one attached hydrogen (secondary N) is 1. The van der Waals surface area contributed by atoms with Crippen LogP contribution < -0.4 is 10.2 Å². The molecule has 18 heavy (non-hydrogen) atoms. The lowest BCUT2D eigenvalue weighted by Crippen LogP contribution is -2.28. The molecule has 0 aromatic carbocycles. The van der Waals surface area contributed by atoms with E-state index in [9.17, 15) is 0 Å². The maximum atomic E-state index is 4.84. The van der Waals surface area contributed by atoms with E-state index in [0.29, 0.717) is 6.04 Å². The number of hydrogen-bond acceptors (Lipinski definition) is 3. The van der Waals surface area contributed by atoms with E-state index in [0.717, 1.165) is 18.1 Å². The van der Waals surface area contributed by atoms with Crippen molar-refractivity contribution in [3.8, 4) is 0 Å². The molecule has 1 saturated heterocycles. The number of nitrogens with zero attached hydrogens (tertiary/aromatic N) is 3. The summed E-state index contributed by atoms with van der Waals surface area (Å²) in [5.74, 6) is 1.05. The third kappa shape index (κ3) is 1.97. The van der Waals surface area contributed by atoms with Crippen LogP contribution in [0.4, 0.5) is 5.82 Å². The first kappa shape index (κ1) is 11.5. The molecule has 1 aliphatic rings. The van der Waals surface area contributed by atoms with Crippen molar-refractivity contribution in [2.24, 2.45) is 0 Å². The Balaban J connectivity index is 2.06. The number of rotatable bonds is 2. The van der Waals surface area contributed by atoms with Gasteiger partial charge in [-0.15, -0.1) is 0 Å². The van der Waals surface area contributed by atoms with E-state index in [1.807, 2.05) is 14.1 Å². The van der Waals surface area contributed by atoms with Crippen molar-refractivity contribution in [2.75, 3.05) is 25.5 Å². The molecular formula is C14H20N4. The minimum Gasteiger partial charge on any atom is -0.361 e. The molecule has 96 valence electrons. The second-order valence-electron chi connectivity index (χ2n) is 5.19. The standard InChI is InChI=1S/C14H20N4/c1-17(2)14-13-7-5-9-18(13)10-12(16-14)11-6-3-4-8-15-11/h5,7,9-11,15H,3-4,6,8H2,1-2H3/t11-/m1/s1. The molecule has 1 aliphatic heterocycles. The van der Waals surface area contributed by atoms with Gasteiger partial charge in [0.2, 0.25) is 0 Å². The van der Waals surface area contributed by atoms with Gasteiger partial charge in [0.25, 0.3) is 0 Å². The molecule has 0 amide bonds. The van der Waals surface area contributed by atoms with Crippen LogP contribution in [-0.2, 0) is 0 Å². The Bertz CT molecular complexity index is 538. The van der Waals surface area contributed by atoms with Crippen molar-refractivity contribution < 1.29 is 0 Å². The lowest BCUT2D eigenvalue weighted by atomic mass is 10.0. The average Bonchev–Trinajstić information content (AvgIpc) is 2.86. The van der Waals surface area contributed by atoms with Crippen molar-refractivity contribution in [2.45, 2.75) is 25.3 Å². The molecule has 0 unspecified atom stereocenters. The molecule has 0 aliphatic carbocycles. The van der Waals surface area contributed by atoms with Gasteiger partial charge in [-0.3, -0.25) is 0 Å². The van der Waals surface area contributed by atoms with Crippen LogP contribution in [0.5, 0.6) is 0 Å². The van der Waals surface area contributed by atoms with E-state index in [4.69, 9.17) is 4.98 Å². The van der Waals surface area contributed by atoms with Gasteiger partial charge >= 0.3 is 0 Å². The fraction of sp³-hybridized carbons (Fsp3) is 0.500. The maximum Gasteiger partial charge on any atom is 0.152 e. The Morgan fingerprint density at radius 2 is 2.28 bits per heavy atom. The number of piperidine rings is 1.